The van der Waals surface area contributed by atoms with Crippen LogP contribution in [0.1, 0.15) is 30.9 Å². The Hall–Kier alpha value is -3.48. The van der Waals surface area contributed by atoms with Crippen molar-refractivity contribution >= 4 is 10.9 Å². The van der Waals surface area contributed by atoms with E-state index in [-0.39, 0.29) is 23.2 Å². The van der Waals surface area contributed by atoms with Gasteiger partial charge >= 0.3 is 5.69 Å². The third-order valence-electron chi connectivity index (χ3n) is 5.11. The van der Waals surface area contributed by atoms with Gasteiger partial charge in [0.1, 0.15) is 11.5 Å². The van der Waals surface area contributed by atoms with E-state index in [2.05, 4.69) is 10.2 Å². The van der Waals surface area contributed by atoms with Crippen molar-refractivity contribution in [2.24, 2.45) is 7.05 Å². The van der Waals surface area contributed by atoms with Gasteiger partial charge in [-0.05, 0) is 48.2 Å². The standard InChI is InChI=1S/C21H22N4O3/c1-11(2)14-8-16(19(27)9-18(14)26)20-22-23-21(28)25(20)13-5-6-17-15(7-13)12(3)10-24(17)4/h5-11,26-27H,1-4H3,(H,23,28). The Labute approximate surface area is 161 Å². The van der Waals surface area contributed by atoms with E-state index in [1.807, 2.05) is 56.8 Å². The summed E-state index contributed by atoms with van der Waals surface area (Å²) in [5, 5.41) is 28.2. The van der Waals surface area contributed by atoms with Crippen LogP contribution in [0.5, 0.6) is 11.5 Å². The van der Waals surface area contributed by atoms with Gasteiger partial charge < -0.3 is 14.8 Å². The van der Waals surface area contributed by atoms with E-state index in [0.717, 1.165) is 16.5 Å². The van der Waals surface area contributed by atoms with E-state index >= 15 is 0 Å². The van der Waals surface area contributed by atoms with E-state index in [4.69, 9.17) is 0 Å². The average Bonchev–Trinajstić information content (AvgIpc) is 3.14. The molecule has 28 heavy (non-hydrogen) atoms. The van der Waals surface area contributed by atoms with Gasteiger partial charge in [-0.2, -0.15) is 5.10 Å². The van der Waals surface area contributed by atoms with E-state index in [1.54, 1.807) is 6.07 Å². The fraction of sp³-hybridized carbons (Fsp3) is 0.238. The third kappa shape index (κ3) is 2.67. The molecule has 7 heteroatoms. The van der Waals surface area contributed by atoms with Crippen molar-refractivity contribution in [1.29, 1.82) is 0 Å². The van der Waals surface area contributed by atoms with Gasteiger partial charge in [0.15, 0.2) is 5.82 Å². The maximum Gasteiger partial charge on any atom is 0.348 e. The van der Waals surface area contributed by atoms with Gasteiger partial charge in [0.05, 0.1) is 11.3 Å². The summed E-state index contributed by atoms with van der Waals surface area (Å²) < 4.78 is 3.47. The first kappa shape index (κ1) is 17.9. The van der Waals surface area contributed by atoms with Crippen LogP contribution in [-0.4, -0.2) is 29.5 Å². The second-order valence-corrected chi connectivity index (χ2v) is 7.40. The second-order valence-electron chi connectivity index (χ2n) is 7.40. The van der Waals surface area contributed by atoms with Crippen molar-refractivity contribution in [3.8, 4) is 28.6 Å². The predicted octanol–water partition coefficient (Wildman–Crippen LogP) is 3.56. The Kier molecular flexibility index (Phi) is 4.03. The Balaban J connectivity index is 1.96. The van der Waals surface area contributed by atoms with Crippen LogP contribution in [0.15, 0.2) is 41.3 Å². The number of phenols is 2. The molecule has 0 saturated heterocycles. The van der Waals surface area contributed by atoms with Gasteiger partial charge in [-0.3, -0.25) is 0 Å². The first-order valence-corrected chi connectivity index (χ1v) is 9.07. The number of aromatic amines is 1. The zero-order valence-corrected chi connectivity index (χ0v) is 16.2. The molecule has 0 radical (unpaired) electrons. The molecule has 4 aromatic rings. The number of H-pyrrole nitrogens is 1. The van der Waals surface area contributed by atoms with Crippen LogP contribution in [0.2, 0.25) is 0 Å². The van der Waals surface area contributed by atoms with Gasteiger partial charge in [-0.1, -0.05) is 13.8 Å². The molecule has 0 bridgehead atoms. The zero-order chi connectivity index (χ0) is 20.2. The van der Waals surface area contributed by atoms with Crippen molar-refractivity contribution < 1.29 is 10.2 Å². The summed E-state index contributed by atoms with van der Waals surface area (Å²) in [5.74, 6) is 0.209. The smallest absolute Gasteiger partial charge is 0.348 e. The zero-order valence-electron chi connectivity index (χ0n) is 16.2. The highest BCUT2D eigenvalue weighted by molar-refractivity contribution is 5.86. The predicted molar refractivity (Wildman–Crippen MR) is 108 cm³/mol. The highest BCUT2D eigenvalue weighted by atomic mass is 16.3. The first-order valence-electron chi connectivity index (χ1n) is 9.07. The van der Waals surface area contributed by atoms with Gasteiger partial charge in [0.2, 0.25) is 0 Å². The molecule has 2 heterocycles. The first-order chi connectivity index (χ1) is 13.3. The third-order valence-corrected chi connectivity index (χ3v) is 5.11. The Morgan fingerprint density at radius 3 is 2.57 bits per heavy atom. The van der Waals surface area contributed by atoms with Crippen molar-refractivity contribution in [2.45, 2.75) is 26.7 Å². The molecule has 0 spiro atoms. The number of benzene rings is 2. The average molecular weight is 378 g/mol. The number of phenolic OH excluding ortho intramolecular Hbond substituents is 2. The fourth-order valence-corrected chi connectivity index (χ4v) is 3.67. The minimum Gasteiger partial charge on any atom is -0.508 e. The Morgan fingerprint density at radius 1 is 1.11 bits per heavy atom. The molecule has 0 aliphatic carbocycles. The summed E-state index contributed by atoms with van der Waals surface area (Å²) >= 11 is 0. The molecule has 0 atom stereocenters. The van der Waals surface area contributed by atoms with Gasteiger partial charge in [-0.25, -0.2) is 14.5 Å². The number of hydrogen-bond acceptors (Lipinski definition) is 4. The lowest BCUT2D eigenvalue weighted by molar-refractivity contribution is 0.444. The topological polar surface area (TPSA) is 96.1 Å². The molecule has 0 aliphatic rings. The van der Waals surface area contributed by atoms with Crippen molar-refractivity contribution in [3.05, 3.63) is 58.1 Å². The molecule has 0 saturated carbocycles. The minimum atomic E-state index is -0.401. The molecule has 3 N–H and O–H groups in total. The normalized spacial score (nSPS) is 11.6. The summed E-state index contributed by atoms with van der Waals surface area (Å²) in [5.41, 5.74) is 3.46. The molecule has 144 valence electrons. The van der Waals surface area contributed by atoms with Crippen molar-refractivity contribution in [1.82, 2.24) is 19.3 Å². The van der Waals surface area contributed by atoms with Crippen LogP contribution < -0.4 is 5.69 Å². The molecule has 7 nitrogen and oxygen atoms in total. The molecule has 0 unspecified atom stereocenters. The maximum absolute atomic E-state index is 12.5. The second kappa shape index (κ2) is 6.30. The lowest BCUT2D eigenvalue weighted by atomic mass is 9.98. The van der Waals surface area contributed by atoms with Crippen LogP contribution >= 0.6 is 0 Å². The monoisotopic (exact) mass is 378 g/mol. The lowest BCUT2D eigenvalue weighted by Crippen LogP contribution is -2.15. The highest BCUT2D eigenvalue weighted by Gasteiger charge is 2.20. The quantitative estimate of drug-likeness (QED) is 0.508. The summed E-state index contributed by atoms with van der Waals surface area (Å²) in [7, 11) is 1.98. The van der Waals surface area contributed by atoms with Crippen LogP contribution in [0.3, 0.4) is 0 Å². The minimum absolute atomic E-state index is 0.0158. The number of aromatic hydroxyl groups is 2. The number of nitrogens with one attached hydrogen (secondary N) is 1. The summed E-state index contributed by atoms with van der Waals surface area (Å²) in [4.78, 5) is 12.5. The van der Waals surface area contributed by atoms with E-state index in [9.17, 15) is 15.0 Å². The maximum atomic E-state index is 12.5. The molecular weight excluding hydrogens is 356 g/mol. The molecule has 2 aromatic heterocycles. The van der Waals surface area contributed by atoms with Crippen LogP contribution in [0, 0.1) is 6.92 Å². The molecule has 2 aromatic carbocycles. The number of aryl methyl sites for hydroxylation is 2. The largest absolute Gasteiger partial charge is 0.508 e. The number of hydrogen-bond donors (Lipinski definition) is 3. The molecule has 0 fully saturated rings. The van der Waals surface area contributed by atoms with Gasteiger partial charge in [-0.15, -0.1) is 0 Å². The van der Waals surface area contributed by atoms with E-state index in [0.29, 0.717) is 16.8 Å². The number of rotatable bonds is 3. The molecule has 0 amide bonds. The summed E-state index contributed by atoms with van der Waals surface area (Å²) in [6.07, 6.45) is 2.04. The van der Waals surface area contributed by atoms with Gasteiger partial charge in [0.25, 0.3) is 0 Å². The fourth-order valence-electron chi connectivity index (χ4n) is 3.67. The van der Waals surface area contributed by atoms with Crippen LogP contribution in [-0.2, 0) is 7.05 Å². The Bertz CT molecular complexity index is 1260. The van der Waals surface area contributed by atoms with Crippen LogP contribution in [0.4, 0.5) is 0 Å². The summed E-state index contributed by atoms with van der Waals surface area (Å²) in [6, 6.07) is 8.71. The molecule has 4 rings (SSSR count). The van der Waals surface area contributed by atoms with Crippen molar-refractivity contribution in [2.75, 3.05) is 0 Å². The molecular formula is C21H22N4O3. The van der Waals surface area contributed by atoms with E-state index < -0.39 is 5.69 Å². The number of nitrogens with zero attached hydrogens (tertiary/aromatic N) is 3. The van der Waals surface area contributed by atoms with Crippen LogP contribution in [0.25, 0.3) is 28.0 Å². The molecule has 0 aliphatic heterocycles. The van der Waals surface area contributed by atoms with Gasteiger partial charge in [0, 0.05) is 30.2 Å². The summed E-state index contributed by atoms with van der Waals surface area (Å²) in [6.45, 7) is 5.91. The Morgan fingerprint density at radius 2 is 1.86 bits per heavy atom. The highest BCUT2D eigenvalue weighted by Crippen LogP contribution is 2.37. The van der Waals surface area contributed by atoms with Crippen molar-refractivity contribution in [3.63, 3.8) is 0 Å². The SMILES string of the molecule is Cc1cn(C)c2ccc(-n3c(-c4cc(C(C)C)c(O)cc4O)n[nH]c3=O)cc12. The lowest BCUT2D eigenvalue weighted by Gasteiger charge is -2.13. The number of fused-ring (bicyclic) bond motifs is 1. The number of aromatic nitrogens is 4. The van der Waals surface area contributed by atoms with E-state index in [1.165, 1.54) is 10.6 Å².